The van der Waals surface area contributed by atoms with Crippen molar-refractivity contribution in [3.8, 4) is 11.9 Å². The average molecular weight is 421 g/mol. The fraction of sp³-hybridized carbons (Fsp3) is 0.609. The first kappa shape index (κ1) is 18.9. The minimum atomic E-state index is -0.231. The molecular formula is C23H28N6O2. The molecule has 5 heterocycles. The number of aromatic nitrogens is 2. The third-order valence-corrected chi connectivity index (χ3v) is 7.20. The largest absolute Gasteiger partial charge is 0.474 e. The summed E-state index contributed by atoms with van der Waals surface area (Å²) in [7, 11) is 0. The van der Waals surface area contributed by atoms with E-state index < -0.39 is 0 Å². The first-order valence-corrected chi connectivity index (χ1v) is 11.6. The van der Waals surface area contributed by atoms with E-state index in [0.717, 1.165) is 72.6 Å². The lowest BCUT2D eigenvalue weighted by Crippen LogP contribution is -2.50. The molecule has 2 aromatic heterocycles. The molecule has 6 rings (SSSR count). The summed E-state index contributed by atoms with van der Waals surface area (Å²) >= 11 is 0. The molecule has 1 aliphatic carbocycles. The van der Waals surface area contributed by atoms with Gasteiger partial charge in [-0.2, -0.15) is 10.2 Å². The standard InChI is InChI=1S/C23H28N6O2/c1-2-14-12-15-17-16(13-24)21(29-8-10-30-11-9-29)25-19-18(17)20(26-22(15)31-14)28-23(27-19)6-4-3-5-7-23/h14H,2-12H2,1H3,(H,25,27)(H,26,28)/t14-/m1/s1. The Kier molecular flexibility index (Phi) is 4.35. The van der Waals surface area contributed by atoms with Crippen molar-refractivity contribution in [2.75, 3.05) is 41.8 Å². The molecule has 0 aromatic carbocycles. The molecule has 8 heteroatoms. The first-order chi connectivity index (χ1) is 15.2. The van der Waals surface area contributed by atoms with E-state index in [4.69, 9.17) is 19.4 Å². The number of nitriles is 1. The molecule has 162 valence electrons. The number of hydrogen-bond acceptors (Lipinski definition) is 8. The van der Waals surface area contributed by atoms with Gasteiger partial charge in [0.1, 0.15) is 40.9 Å². The van der Waals surface area contributed by atoms with E-state index in [1.54, 1.807) is 0 Å². The molecule has 1 atom stereocenters. The Balaban J connectivity index is 1.60. The highest BCUT2D eigenvalue weighted by molar-refractivity contribution is 6.09. The Bertz CT molecular complexity index is 1080. The predicted molar refractivity (Wildman–Crippen MR) is 119 cm³/mol. The highest BCUT2D eigenvalue weighted by atomic mass is 16.5. The number of pyridine rings is 2. The van der Waals surface area contributed by atoms with Crippen LogP contribution in [0, 0.1) is 11.3 Å². The molecular weight excluding hydrogens is 392 g/mol. The highest BCUT2D eigenvalue weighted by Crippen LogP contribution is 2.48. The molecule has 3 aliphatic heterocycles. The van der Waals surface area contributed by atoms with Crippen LogP contribution in [0.4, 0.5) is 17.5 Å². The summed E-state index contributed by atoms with van der Waals surface area (Å²) in [5.41, 5.74) is 1.44. The van der Waals surface area contributed by atoms with Crippen molar-refractivity contribution in [2.24, 2.45) is 0 Å². The van der Waals surface area contributed by atoms with Crippen molar-refractivity contribution in [3.63, 3.8) is 0 Å². The molecule has 1 saturated carbocycles. The van der Waals surface area contributed by atoms with Gasteiger partial charge in [-0.3, -0.25) is 0 Å². The van der Waals surface area contributed by atoms with Crippen LogP contribution in [0.15, 0.2) is 0 Å². The van der Waals surface area contributed by atoms with Crippen molar-refractivity contribution >= 4 is 28.2 Å². The number of ether oxygens (including phenoxy) is 2. The van der Waals surface area contributed by atoms with E-state index in [1.165, 1.54) is 19.3 Å². The number of nitrogens with zero attached hydrogens (tertiary/aromatic N) is 4. The van der Waals surface area contributed by atoms with Gasteiger partial charge in [-0.25, -0.2) is 4.98 Å². The van der Waals surface area contributed by atoms with Gasteiger partial charge in [0, 0.05) is 30.5 Å². The fourth-order valence-electron chi connectivity index (χ4n) is 5.56. The summed E-state index contributed by atoms with van der Waals surface area (Å²) in [6.45, 7) is 4.92. The number of anilines is 3. The Labute approximate surface area is 181 Å². The van der Waals surface area contributed by atoms with E-state index in [0.29, 0.717) is 24.7 Å². The van der Waals surface area contributed by atoms with E-state index in [2.05, 4.69) is 28.5 Å². The summed E-state index contributed by atoms with van der Waals surface area (Å²) in [5, 5.41) is 19.6. The number of hydrogen-bond donors (Lipinski definition) is 2. The Morgan fingerprint density at radius 1 is 1.10 bits per heavy atom. The predicted octanol–water partition coefficient (Wildman–Crippen LogP) is 3.55. The van der Waals surface area contributed by atoms with Gasteiger partial charge in [0.25, 0.3) is 0 Å². The molecule has 8 nitrogen and oxygen atoms in total. The fourth-order valence-corrected chi connectivity index (χ4v) is 5.56. The van der Waals surface area contributed by atoms with Crippen LogP contribution in [-0.2, 0) is 11.2 Å². The lowest BCUT2D eigenvalue weighted by atomic mass is 9.86. The molecule has 0 amide bonds. The number of morpholine rings is 1. The number of rotatable bonds is 2. The van der Waals surface area contributed by atoms with Gasteiger partial charge >= 0.3 is 0 Å². The molecule has 1 spiro atoms. The highest BCUT2D eigenvalue weighted by Gasteiger charge is 2.40. The van der Waals surface area contributed by atoms with Crippen molar-refractivity contribution in [1.29, 1.82) is 5.26 Å². The summed E-state index contributed by atoms with van der Waals surface area (Å²) < 4.78 is 11.8. The van der Waals surface area contributed by atoms with Crippen LogP contribution in [0.2, 0.25) is 0 Å². The van der Waals surface area contributed by atoms with E-state index in [-0.39, 0.29) is 11.8 Å². The van der Waals surface area contributed by atoms with E-state index in [9.17, 15) is 5.26 Å². The third kappa shape index (κ3) is 2.90. The Hall–Kier alpha value is -2.79. The Morgan fingerprint density at radius 2 is 1.84 bits per heavy atom. The maximum Gasteiger partial charge on any atom is 0.219 e. The quantitative estimate of drug-likeness (QED) is 0.762. The van der Waals surface area contributed by atoms with Crippen LogP contribution in [0.25, 0.3) is 10.8 Å². The van der Waals surface area contributed by atoms with Gasteiger partial charge in [0.15, 0.2) is 0 Å². The van der Waals surface area contributed by atoms with Gasteiger partial charge in [0.2, 0.25) is 5.88 Å². The second-order valence-electron chi connectivity index (χ2n) is 9.11. The SMILES string of the molecule is CC[C@@H]1Cc2c(nc3c4c(nc(N5CCOCC5)c(C#N)c24)NC2(CCCCC2)N3)O1. The maximum absolute atomic E-state index is 10.3. The monoisotopic (exact) mass is 420 g/mol. The number of nitrogens with one attached hydrogen (secondary N) is 2. The lowest BCUT2D eigenvalue weighted by Gasteiger charge is -2.43. The van der Waals surface area contributed by atoms with Crippen LogP contribution >= 0.6 is 0 Å². The van der Waals surface area contributed by atoms with E-state index >= 15 is 0 Å². The molecule has 0 bridgehead atoms. The van der Waals surface area contributed by atoms with Gasteiger partial charge in [-0.05, 0) is 32.1 Å². The molecule has 2 fully saturated rings. The summed E-state index contributed by atoms with van der Waals surface area (Å²) in [6.07, 6.45) is 7.45. The second kappa shape index (κ2) is 7.13. The van der Waals surface area contributed by atoms with Gasteiger partial charge in [-0.1, -0.05) is 13.3 Å². The van der Waals surface area contributed by atoms with Crippen LogP contribution in [0.3, 0.4) is 0 Å². The van der Waals surface area contributed by atoms with Crippen molar-refractivity contribution in [2.45, 2.75) is 63.6 Å². The molecule has 31 heavy (non-hydrogen) atoms. The molecule has 4 aliphatic rings. The molecule has 2 N–H and O–H groups in total. The average Bonchev–Trinajstić information content (AvgIpc) is 3.22. The molecule has 0 radical (unpaired) electrons. The zero-order chi connectivity index (χ0) is 21.0. The third-order valence-electron chi connectivity index (χ3n) is 7.20. The normalized spacial score (nSPS) is 23.6. The van der Waals surface area contributed by atoms with Crippen LogP contribution < -0.4 is 20.3 Å². The van der Waals surface area contributed by atoms with Crippen molar-refractivity contribution < 1.29 is 9.47 Å². The topological polar surface area (TPSA) is 95.3 Å². The van der Waals surface area contributed by atoms with Gasteiger partial charge in [0.05, 0.1) is 18.6 Å². The van der Waals surface area contributed by atoms with Crippen LogP contribution in [0.5, 0.6) is 5.88 Å². The van der Waals surface area contributed by atoms with Crippen molar-refractivity contribution in [3.05, 3.63) is 11.1 Å². The zero-order valence-electron chi connectivity index (χ0n) is 18.0. The molecule has 2 aromatic rings. The summed E-state index contributed by atoms with van der Waals surface area (Å²) in [5.74, 6) is 3.09. The summed E-state index contributed by atoms with van der Waals surface area (Å²) in [4.78, 5) is 12.2. The zero-order valence-corrected chi connectivity index (χ0v) is 18.0. The smallest absolute Gasteiger partial charge is 0.219 e. The van der Waals surface area contributed by atoms with Gasteiger partial charge < -0.3 is 25.0 Å². The summed E-state index contributed by atoms with van der Waals surface area (Å²) in [6, 6.07) is 2.49. The lowest BCUT2D eigenvalue weighted by molar-refractivity contribution is 0.122. The molecule has 1 saturated heterocycles. The van der Waals surface area contributed by atoms with Crippen molar-refractivity contribution in [1.82, 2.24) is 9.97 Å². The number of fused-ring (bicyclic) bond motifs is 2. The van der Waals surface area contributed by atoms with Crippen LogP contribution in [-0.4, -0.2) is 48.0 Å². The van der Waals surface area contributed by atoms with Crippen LogP contribution in [0.1, 0.15) is 56.6 Å². The minimum absolute atomic E-state index is 0.105. The van der Waals surface area contributed by atoms with Gasteiger partial charge in [-0.15, -0.1) is 0 Å². The van der Waals surface area contributed by atoms with E-state index in [1.807, 2.05) is 0 Å². The molecule has 0 unspecified atom stereocenters. The Morgan fingerprint density at radius 3 is 2.55 bits per heavy atom. The first-order valence-electron chi connectivity index (χ1n) is 11.6. The minimum Gasteiger partial charge on any atom is -0.474 e. The second-order valence-corrected chi connectivity index (χ2v) is 9.11. The maximum atomic E-state index is 10.3.